The highest BCUT2D eigenvalue weighted by atomic mass is 32.2. The van der Waals surface area contributed by atoms with E-state index in [2.05, 4.69) is 6.07 Å². The fourth-order valence-corrected chi connectivity index (χ4v) is 4.98. The summed E-state index contributed by atoms with van der Waals surface area (Å²) in [6.07, 6.45) is 1.60. The number of aromatic nitrogens is 1. The molecule has 7 heteroatoms. The summed E-state index contributed by atoms with van der Waals surface area (Å²) < 4.78 is 33.3. The fraction of sp³-hybridized carbons (Fsp3) is 0.286. The number of ether oxygens (including phenoxy) is 1. The minimum atomic E-state index is -3.77. The van der Waals surface area contributed by atoms with Gasteiger partial charge in [0.1, 0.15) is 6.04 Å². The number of benzene rings is 2. The quantitative estimate of drug-likeness (QED) is 0.679. The Morgan fingerprint density at radius 3 is 2.43 bits per heavy atom. The van der Waals surface area contributed by atoms with Crippen molar-refractivity contribution < 1.29 is 13.2 Å². The molecule has 0 radical (unpaired) electrons. The van der Waals surface area contributed by atoms with E-state index in [-0.39, 0.29) is 4.90 Å². The van der Waals surface area contributed by atoms with Crippen LogP contribution in [0.25, 0.3) is 10.9 Å². The van der Waals surface area contributed by atoms with Crippen LogP contribution in [0, 0.1) is 18.3 Å². The summed E-state index contributed by atoms with van der Waals surface area (Å²) in [5.41, 5.74) is 2.27. The molecule has 1 aromatic heterocycles. The molecule has 3 aromatic rings. The number of aryl methyl sites for hydroxylation is 1. The highest BCUT2D eigenvalue weighted by molar-refractivity contribution is 7.90. The molecule has 0 saturated carbocycles. The van der Waals surface area contributed by atoms with Crippen molar-refractivity contribution in [1.82, 2.24) is 8.87 Å². The van der Waals surface area contributed by atoms with Crippen LogP contribution in [0.5, 0.6) is 0 Å². The Labute approximate surface area is 164 Å². The molecule has 0 bridgehead atoms. The summed E-state index contributed by atoms with van der Waals surface area (Å²) in [6.45, 7) is 4.33. The molecular weight excluding hydrogens is 374 g/mol. The van der Waals surface area contributed by atoms with E-state index in [9.17, 15) is 13.7 Å². The average molecular weight is 395 g/mol. The van der Waals surface area contributed by atoms with E-state index in [4.69, 9.17) is 4.74 Å². The minimum Gasteiger partial charge on any atom is -0.379 e. The van der Waals surface area contributed by atoms with Crippen molar-refractivity contribution in [3.63, 3.8) is 0 Å². The van der Waals surface area contributed by atoms with E-state index < -0.39 is 16.1 Å². The number of morpholine rings is 1. The Balaban J connectivity index is 1.87. The van der Waals surface area contributed by atoms with Crippen LogP contribution in [-0.4, -0.2) is 43.6 Å². The molecule has 4 rings (SSSR count). The zero-order chi connectivity index (χ0) is 19.7. The number of nitrogens with zero attached hydrogens (tertiary/aromatic N) is 3. The number of para-hydroxylation sites is 1. The maximum absolute atomic E-state index is 13.3. The number of rotatable bonds is 4. The van der Waals surface area contributed by atoms with E-state index in [1.807, 2.05) is 30.0 Å². The molecule has 144 valence electrons. The SMILES string of the molecule is Cc1ccc(S(=O)(=O)n2cc(C(C#N)N3CCOCC3)c3ccccc32)cc1. The summed E-state index contributed by atoms with van der Waals surface area (Å²) in [7, 11) is -3.77. The summed E-state index contributed by atoms with van der Waals surface area (Å²) in [5.74, 6) is 0. The standard InChI is InChI=1S/C21H21N3O3S/c1-16-6-8-17(9-7-16)28(25,26)24-15-19(18-4-2-3-5-20(18)24)21(14-22)23-10-12-27-13-11-23/h2-9,15,21H,10-13H2,1H3. The van der Waals surface area contributed by atoms with Crippen molar-refractivity contribution in [2.75, 3.05) is 26.3 Å². The van der Waals surface area contributed by atoms with Crippen LogP contribution in [-0.2, 0) is 14.8 Å². The van der Waals surface area contributed by atoms with Crippen molar-refractivity contribution in [2.24, 2.45) is 0 Å². The van der Waals surface area contributed by atoms with Crippen molar-refractivity contribution >= 4 is 20.9 Å². The highest BCUT2D eigenvalue weighted by Crippen LogP contribution is 2.32. The smallest absolute Gasteiger partial charge is 0.268 e. The van der Waals surface area contributed by atoms with Gasteiger partial charge in [0.2, 0.25) is 0 Å². The van der Waals surface area contributed by atoms with Crippen LogP contribution >= 0.6 is 0 Å². The lowest BCUT2D eigenvalue weighted by Crippen LogP contribution is -2.38. The molecule has 2 heterocycles. The van der Waals surface area contributed by atoms with Gasteiger partial charge in [-0.05, 0) is 25.1 Å². The normalized spacial score (nSPS) is 16.7. The van der Waals surface area contributed by atoms with Crippen molar-refractivity contribution in [3.05, 3.63) is 65.9 Å². The van der Waals surface area contributed by atoms with Crippen molar-refractivity contribution in [3.8, 4) is 6.07 Å². The first-order valence-corrected chi connectivity index (χ1v) is 10.6. The van der Waals surface area contributed by atoms with Gasteiger partial charge in [-0.15, -0.1) is 0 Å². The second-order valence-electron chi connectivity index (χ2n) is 6.90. The molecule has 0 aliphatic carbocycles. The monoisotopic (exact) mass is 395 g/mol. The molecule has 0 N–H and O–H groups in total. The minimum absolute atomic E-state index is 0.227. The highest BCUT2D eigenvalue weighted by Gasteiger charge is 2.28. The third-order valence-corrected chi connectivity index (χ3v) is 6.80. The molecule has 1 atom stereocenters. The summed E-state index contributed by atoms with van der Waals surface area (Å²) in [5, 5.41) is 10.6. The molecule has 0 spiro atoms. The zero-order valence-corrected chi connectivity index (χ0v) is 16.4. The fourth-order valence-electron chi connectivity index (χ4n) is 3.60. The molecular formula is C21H21N3O3S. The second kappa shape index (κ2) is 7.40. The topological polar surface area (TPSA) is 75.3 Å². The lowest BCUT2D eigenvalue weighted by atomic mass is 10.1. The molecule has 1 saturated heterocycles. The number of hydrogen-bond acceptors (Lipinski definition) is 5. The van der Waals surface area contributed by atoms with Crippen LogP contribution in [0.15, 0.2) is 59.6 Å². The lowest BCUT2D eigenvalue weighted by molar-refractivity contribution is 0.0268. The molecule has 1 fully saturated rings. The zero-order valence-electron chi connectivity index (χ0n) is 15.6. The first-order valence-electron chi connectivity index (χ1n) is 9.16. The predicted molar refractivity (Wildman–Crippen MR) is 106 cm³/mol. The largest absolute Gasteiger partial charge is 0.379 e. The van der Waals surface area contributed by atoms with Crippen LogP contribution in [0.2, 0.25) is 0 Å². The van der Waals surface area contributed by atoms with Crippen molar-refractivity contribution in [2.45, 2.75) is 17.9 Å². The Morgan fingerprint density at radius 1 is 1.07 bits per heavy atom. The predicted octanol–water partition coefficient (Wildman–Crippen LogP) is 3.08. The number of nitriles is 1. The van der Waals surface area contributed by atoms with Gasteiger partial charge in [0, 0.05) is 30.2 Å². The first kappa shape index (κ1) is 18.7. The van der Waals surface area contributed by atoms with Gasteiger partial charge in [-0.1, -0.05) is 35.9 Å². The molecule has 1 aliphatic heterocycles. The molecule has 1 aliphatic rings. The van der Waals surface area contributed by atoms with Gasteiger partial charge in [0.15, 0.2) is 0 Å². The second-order valence-corrected chi connectivity index (χ2v) is 8.71. The Kier molecular flexibility index (Phi) is 4.94. The summed E-state index contributed by atoms with van der Waals surface area (Å²) in [4.78, 5) is 2.26. The van der Waals surface area contributed by atoms with Gasteiger partial charge < -0.3 is 4.74 Å². The Bertz CT molecular complexity index is 1140. The Morgan fingerprint density at radius 2 is 1.75 bits per heavy atom. The summed E-state index contributed by atoms with van der Waals surface area (Å²) >= 11 is 0. The van der Waals surface area contributed by atoms with Gasteiger partial charge in [-0.2, -0.15) is 5.26 Å². The molecule has 28 heavy (non-hydrogen) atoms. The van der Waals surface area contributed by atoms with Gasteiger partial charge >= 0.3 is 0 Å². The van der Waals surface area contributed by atoms with Gasteiger partial charge in [-0.25, -0.2) is 12.4 Å². The van der Waals surface area contributed by atoms with Gasteiger partial charge in [0.05, 0.1) is 29.7 Å². The van der Waals surface area contributed by atoms with E-state index >= 15 is 0 Å². The number of fused-ring (bicyclic) bond motifs is 1. The van der Waals surface area contributed by atoms with Crippen molar-refractivity contribution in [1.29, 1.82) is 5.26 Å². The average Bonchev–Trinajstić information content (AvgIpc) is 3.10. The van der Waals surface area contributed by atoms with E-state index in [0.29, 0.717) is 37.4 Å². The van der Waals surface area contributed by atoms with Crippen LogP contribution < -0.4 is 0 Å². The molecule has 2 aromatic carbocycles. The first-order chi connectivity index (χ1) is 13.5. The molecule has 1 unspecified atom stereocenters. The number of hydrogen-bond donors (Lipinski definition) is 0. The van der Waals surface area contributed by atoms with Gasteiger partial charge in [-0.3, -0.25) is 4.90 Å². The van der Waals surface area contributed by atoms with Gasteiger partial charge in [0.25, 0.3) is 10.0 Å². The van der Waals surface area contributed by atoms with E-state index in [0.717, 1.165) is 10.9 Å². The van der Waals surface area contributed by atoms with Crippen LogP contribution in [0.4, 0.5) is 0 Å². The Hall–Kier alpha value is -2.66. The third kappa shape index (κ3) is 3.20. The maximum atomic E-state index is 13.3. The van der Waals surface area contributed by atoms with Crippen LogP contribution in [0.3, 0.4) is 0 Å². The maximum Gasteiger partial charge on any atom is 0.268 e. The summed E-state index contributed by atoms with van der Waals surface area (Å²) in [6, 6.07) is 15.9. The molecule has 6 nitrogen and oxygen atoms in total. The van der Waals surface area contributed by atoms with Crippen LogP contribution in [0.1, 0.15) is 17.2 Å². The lowest BCUT2D eigenvalue weighted by Gasteiger charge is -2.30. The third-order valence-electron chi connectivity index (χ3n) is 5.11. The van der Waals surface area contributed by atoms with E-state index in [1.54, 1.807) is 36.5 Å². The molecule has 0 amide bonds. The van der Waals surface area contributed by atoms with E-state index in [1.165, 1.54) is 3.97 Å².